The molecule has 3 nitrogen and oxygen atoms in total. The quantitative estimate of drug-likeness (QED) is 0.845. The van der Waals surface area contributed by atoms with Gasteiger partial charge < -0.3 is 5.32 Å². The molecule has 1 aromatic heterocycles. The molecule has 1 atom stereocenters. The fourth-order valence-corrected chi connectivity index (χ4v) is 2.37. The number of aromatic nitrogens is 2. The molecule has 0 saturated carbocycles. The molecule has 0 aliphatic heterocycles. The van der Waals surface area contributed by atoms with Gasteiger partial charge in [0.05, 0.1) is 23.0 Å². The molecule has 14 heavy (non-hydrogen) atoms. The van der Waals surface area contributed by atoms with Crippen LogP contribution < -0.4 is 5.32 Å². The van der Waals surface area contributed by atoms with E-state index in [9.17, 15) is 0 Å². The zero-order valence-electron chi connectivity index (χ0n) is 8.75. The van der Waals surface area contributed by atoms with Gasteiger partial charge in [0.2, 0.25) is 0 Å². The van der Waals surface area contributed by atoms with Crippen molar-refractivity contribution in [1.82, 2.24) is 15.1 Å². The topological polar surface area (TPSA) is 29.9 Å². The second kappa shape index (κ2) is 5.63. The Hall–Kier alpha value is -0.190. The third-order valence-electron chi connectivity index (χ3n) is 2.05. The number of rotatable bonds is 5. The SMILES string of the molecule is CCNC(CSC)c1c(Cl)cnn1C. The summed E-state index contributed by atoms with van der Waals surface area (Å²) in [6, 6.07) is 0.287. The molecular weight excluding hydrogens is 218 g/mol. The van der Waals surface area contributed by atoms with Gasteiger partial charge >= 0.3 is 0 Å². The molecule has 1 N–H and O–H groups in total. The Labute approximate surface area is 94.2 Å². The van der Waals surface area contributed by atoms with E-state index >= 15 is 0 Å². The molecule has 0 spiro atoms. The van der Waals surface area contributed by atoms with E-state index in [0.717, 1.165) is 23.0 Å². The molecule has 1 heterocycles. The lowest BCUT2D eigenvalue weighted by Gasteiger charge is -2.17. The normalized spacial score (nSPS) is 13.1. The van der Waals surface area contributed by atoms with Crippen molar-refractivity contribution in [2.45, 2.75) is 13.0 Å². The van der Waals surface area contributed by atoms with Crippen LogP contribution in [-0.4, -0.2) is 28.3 Å². The van der Waals surface area contributed by atoms with Crippen molar-refractivity contribution in [2.24, 2.45) is 7.05 Å². The molecule has 0 aliphatic rings. The van der Waals surface area contributed by atoms with Crippen LogP contribution in [0.2, 0.25) is 5.02 Å². The minimum atomic E-state index is 0.287. The predicted molar refractivity (Wildman–Crippen MR) is 63.0 cm³/mol. The van der Waals surface area contributed by atoms with E-state index in [4.69, 9.17) is 11.6 Å². The van der Waals surface area contributed by atoms with Gasteiger partial charge in [0, 0.05) is 12.8 Å². The van der Waals surface area contributed by atoms with Crippen LogP contribution >= 0.6 is 23.4 Å². The van der Waals surface area contributed by atoms with Gasteiger partial charge in [0.25, 0.3) is 0 Å². The summed E-state index contributed by atoms with van der Waals surface area (Å²) in [7, 11) is 1.92. The fraction of sp³-hybridized carbons (Fsp3) is 0.667. The molecular formula is C9H16ClN3S. The molecule has 1 aromatic rings. The van der Waals surface area contributed by atoms with Gasteiger partial charge in [-0.05, 0) is 12.8 Å². The van der Waals surface area contributed by atoms with Crippen molar-refractivity contribution in [3.8, 4) is 0 Å². The molecule has 0 amide bonds. The van der Waals surface area contributed by atoms with E-state index in [1.807, 2.05) is 11.7 Å². The molecule has 0 aromatic carbocycles. The van der Waals surface area contributed by atoms with Crippen LogP contribution in [-0.2, 0) is 7.05 Å². The van der Waals surface area contributed by atoms with Crippen LogP contribution in [0.4, 0.5) is 0 Å². The highest BCUT2D eigenvalue weighted by atomic mass is 35.5. The van der Waals surface area contributed by atoms with Gasteiger partial charge in [-0.25, -0.2) is 0 Å². The van der Waals surface area contributed by atoms with Crippen LogP contribution in [0.1, 0.15) is 18.7 Å². The van der Waals surface area contributed by atoms with Crippen molar-refractivity contribution in [2.75, 3.05) is 18.6 Å². The summed E-state index contributed by atoms with van der Waals surface area (Å²) in [5.41, 5.74) is 1.07. The Bertz CT molecular complexity index is 262. The minimum Gasteiger partial charge on any atom is -0.308 e. The Balaban J connectivity index is 2.85. The van der Waals surface area contributed by atoms with Gasteiger partial charge in [0.15, 0.2) is 0 Å². The Morgan fingerprint density at radius 1 is 1.71 bits per heavy atom. The van der Waals surface area contributed by atoms with Crippen molar-refractivity contribution in [1.29, 1.82) is 0 Å². The first-order valence-corrected chi connectivity index (χ1v) is 6.37. The number of halogens is 1. The molecule has 0 bridgehead atoms. The zero-order chi connectivity index (χ0) is 10.6. The average molecular weight is 234 g/mol. The number of nitrogens with zero attached hydrogens (tertiary/aromatic N) is 2. The fourth-order valence-electron chi connectivity index (χ4n) is 1.46. The first kappa shape index (κ1) is 11.9. The van der Waals surface area contributed by atoms with E-state index in [0.29, 0.717) is 0 Å². The average Bonchev–Trinajstić information content (AvgIpc) is 2.46. The zero-order valence-corrected chi connectivity index (χ0v) is 10.3. The van der Waals surface area contributed by atoms with E-state index < -0.39 is 0 Å². The lowest BCUT2D eigenvalue weighted by atomic mass is 10.2. The molecule has 5 heteroatoms. The van der Waals surface area contributed by atoms with Crippen LogP contribution in [0.3, 0.4) is 0 Å². The second-order valence-electron chi connectivity index (χ2n) is 3.07. The molecule has 0 fully saturated rings. The standard InChI is InChI=1S/C9H16ClN3S/c1-4-11-8(6-14-3)9-7(10)5-12-13(9)2/h5,8,11H,4,6H2,1-3H3. The molecule has 1 unspecified atom stereocenters. The maximum absolute atomic E-state index is 6.08. The molecule has 0 radical (unpaired) electrons. The maximum Gasteiger partial charge on any atom is 0.0834 e. The van der Waals surface area contributed by atoms with Crippen LogP contribution in [0.15, 0.2) is 6.20 Å². The smallest absolute Gasteiger partial charge is 0.0834 e. The second-order valence-corrected chi connectivity index (χ2v) is 4.38. The summed E-state index contributed by atoms with van der Waals surface area (Å²) in [6.07, 6.45) is 3.79. The van der Waals surface area contributed by atoms with E-state index in [2.05, 4.69) is 23.6 Å². The van der Waals surface area contributed by atoms with E-state index in [1.54, 1.807) is 18.0 Å². The number of hydrogen-bond donors (Lipinski definition) is 1. The number of nitrogens with one attached hydrogen (secondary N) is 1. The lowest BCUT2D eigenvalue weighted by molar-refractivity contribution is 0.553. The highest BCUT2D eigenvalue weighted by Gasteiger charge is 2.17. The van der Waals surface area contributed by atoms with Crippen LogP contribution in [0.5, 0.6) is 0 Å². The number of hydrogen-bond acceptors (Lipinski definition) is 3. The first-order chi connectivity index (χ1) is 6.70. The third kappa shape index (κ3) is 2.65. The van der Waals surface area contributed by atoms with Crippen LogP contribution in [0, 0.1) is 0 Å². The van der Waals surface area contributed by atoms with Gasteiger partial charge in [-0.2, -0.15) is 16.9 Å². The Morgan fingerprint density at radius 3 is 2.86 bits per heavy atom. The van der Waals surface area contributed by atoms with E-state index in [-0.39, 0.29) is 6.04 Å². The highest BCUT2D eigenvalue weighted by molar-refractivity contribution is 7.98. The van der Waals surface area contributed by atoms with Gasteiger partial charge in [-0.15, -0.1) is 0 Å². The summed E-state index contributed by atoms with van der Waals surface area (Å²) in [4.78, 5) is 0. The number of thioether (sulfide) groups is 1. The van der Waals surface area contributed by atoms with E-state index in [1.165, 1.54) is 0 Å². The third-order valence-corrected chi connectivity index (χ3v) is 3.01. The largest absolute Gasteiger partial charge is 0.308 e. The summed E-state index contributed by atoms with van der Waals surface area (Å²) >= 11 is 7.88. The summed E-state index contributed by atoms with van der Waals surface area (Å²) in [5, 5.41) is 8.28. The predicted octanol–water partition coefficient (Wildman–Crippen LogP) is 2.09. The summed E-state index contributed by atoms with van der Waals surface area (Å²) in [6.45, 7) is 3.03. The Morgan fingerprint density at radius 2 is 2.43 bits per heavy atom. The van der Waals surface area contributed by atoms with Crippen molar-refractivity contribution in [3.63, 3.8) is 0 Å². The van der Waals surface area contributed by atoms with Crippen molar-refractivity contribution >= 4 is 23.4 Å². The van der Waals surface area contributed by atoms with Crippen molar-refractivity contribution in [3.05, 3.63) is 16.9 Å². The minimum absolute atomic E-state index is 0.287. The molecule has 80 valence electrons. The maximum atomic E-state index is 6.08. The highest BCUT2D eigenvalue weighted by Crippen LogP contribution is 2.24. The number of aryl methyl sites for hydroxylation is 1. The van der Waals surface area contributed by atoms with Gasteiger partial charge in [-0.1, -0.05) is 18.5 Å². The van der Waals surface area contributed by atoms with Crippen molar-refractivity contribution < 1.29 is 0 Å². The summed E-state index contributed by atoms with van der Waals surface area (Å²) in [5.74, 6) is 1.01. The Kier molecular flexibility index (Phi) is 4.78. The van der Waals surface area contributed by atoms with Gasteiger partial charge in [-0.3, -0.25) is 4.68 Å². The molecule has 0 saturated heterocycles. The summed E-state index contributed by atoms with van der Waals surface area (Å²) < 4.78 is 1.84. The first-order valence-electron chi connectivity index (χ1n) is 4.60. The van der Waals surface area contributed by atoms with Gasteiger partial charge in [0.1, 0.15) is 0 Å². The molecule has 1 rings (SSSR count). The van der Waals surface area contributed by atoms with Crippen LogP contribution in [0.25, 0.3) is 0 Å². The lowest BCUT2D eigenvalue weighted by Crippen LogP contribution is -2.25. The monoisotopic (exact) mass is 233 g/mol. The molecule has 0 aliphatic carbocycles.